The van der Waals surface area contributed by atoms with Crippen molar-refractivity contribution >= 4 is 18.9 Å². The topological polar surface area (TPSA) is 23.8 Å². The second-order valence-electron chi connectivity index (χ2n) is 1.48. The van der Waals surface area contributed by atoms with Crippen LogP contribution in [-0.4, -0.2) is 18.9 Å². The first-order valence-electron chi connectivity index (χ1n) is 2.38. The fraction of sp³-hybridized carbons (Fsp3) is 0. The number of hydrogen-bond donors (Lipinski definition) is 0. The van der Waals surface area contributed by atoms with Crippen molar-refractivity contribution in [1.82, 2.24) is 0 Å². The van der Waals surface area contributed by atoms with Gasteiger partial charge >= 0.3 is 0 Å². The van der Waals surface area contributed by atoms with E-state index in [1.54, 1.807) is 12.1 Å². The zero-order chi connectivity index (χ0) is 5.82. The molecule has 0 atom stereocenters. The molecular weight excluding hydrogens is 105 g/mol. The van der Waals surface area contributed by atoms with E-state index in [2.05, 4.69) is 0 Å². The van der Waals surface area contributed by atoms with Crippen LogP contribution in [0.3, 0.4) is 0 Å². The maximum atomic E-state index is 8.29. The molecule has 1 rings (SSSR count). The van der Waals surface area contributed by atoms with Crippen LogP contribution in [0.15, 0.2) is 30.3 Å². The maximum Gasteiger partial charge on any atom is 0.0991 e. The molecule has 0 spiro atoms. The molecule has 39 valence electrons. The summed E-state index contributed by atoms with van der Waals surface area (Å²) in [7, 11) is 0. The smallest absolute Gasteiger partial charge is 0.0991 e. The van der Waals surface area contributed by atoms with E-state index in [0.717, 1.165) is 0 Å². The summed E-state index contributed by atoms with van der Waals surface area (Å²) in [4.78, 5) is 0. The molecule has 1 nitrogen and oxygen atoms in total. The molecule has 1 aromatic rings. The van der Waals surface area contributed by atoms with Crippen LogP contribution in [0.5, 0.6) is 0 Å². The Kier molecular flexibility index (Phi) is 3.89. The minimum absolute atomic E-state index is 0. The first kappa shape index (κ1) is 8.31. The molecule has 0 heterocycles. The van der Waals surface area contributed by atoms with E-state index in [1.165, 1.54) is 0 Å². The van der Waals surface area contributed by atoms with Crippen molar-refractivity contribution in [3.8, 4) is 6.07 Å². The molecule has 9 heavy (non-hydrogen) atoms. The molecule has 0 N–H and O–H groups in total. The summed E-state index contributed by atoms with van der Waals surface area (Å²) >= 11 is 0. The molecule has 0 aliphatic rings. The summed E-state index contributed by atoms with van der Waals surface area (Å²) in [6.45, 7) is 0. The standard InChI is InChI=1S/C7H5N.Li/c8-6-7-4-2-1-3-5-7;/h1-5H;. The van der Waals surface area contributed by atoms with Gasteiger partial charge in [0.15, 0.2) is 0 Å². The van der Waals surface area contributed by atoms with Crippen LogP contribution < -0.4 is 0 Å². The largest absolute Gasteiger partial charge is 0.192 e. The number of rotatable bonds is 0. The van der Waals surface area contributed by atoms with Crippen molar-refractivity contribution < 1.29 is 0 Å². The van der Waals surface area contributed by atoms with Gasteiger partial charge in [-0.25, -0.2) is 0 Å². The van der Waals surface area contributed by atoms with Crippen LogP contribution in [0.1, 0.15) is 5.56 Å². The van der Waals surface area contributed by atoms with Gasteiger partial charge in [-0.2, -0.15) is 5.26 Å². The average molecular weight is 110 g/mol. The zero-order valence-electron chi connectivity index (χ0n) is 5.33. The molecule has 0 aromatic heterocycles. The van der Waals surface area contributed by atoms with E-state index >= 15 is 0 Å². The third-order valence-corrected chi connectivity index (χ3v) is 0.903. The van der Waals surface area contributed by atoms with Crippen LogP contribution in [0.25, 0.3) is 0 Å². The Morgan fingerprint density at radius 2 is 1.67 bits per heavy atom. The third-order valence-electron chi connectivity index (χ3n) is 0.903. The van der Waals surface area contributed by atoms with Crippen molar-refractivity contribution in [1.29, 1.82) is 5.26 Å². The Balaban J connectivity index is 0.000000640. The van der Waals surface area contributed by atoms with E-state index in [0.29, 0.717) is 5.56 Å². The normalized spacial score (nSPS) is 7.00. The monoisotopic (exact) mass is 110 g/mol. The van der Waals surface area contributed by atoms with Gasteiger partial charge in [-0.05, 0) is 12.1 Å². The van der Waals surface area contributed by atoms with Crippen LogP contribution in [-0.2, 0) is 0 Å². The Hall–Kier alpha value is -0.693. The van der Waals surface area contributed by atoms with Crippen LogP contribution >= 0.6 is 0 Å². The van der Waals surface area contributed by atoms with Crippen molar-refractivity contribution in [3.63, 3.8) is 0 Å². The van der Waals surface area contributed by atoms with Crippen LogP contribution in [0.4, 0.5) is 0 Å². The Morgan fingerprint density at radius 3 is 2.00 bits per heavy atom. The minimum Gasteiger partial charge on any atom is -0.192 e. The summed E-state index contributed by atoms with van der Waals surface area (Å²) in [6, 6.07) is 11.2. The van der Waals surface area contributed by atoms with E-state index in [-0.39, 0.29) is 18.9 Å². The molecule has 0 bridgehead atoms. The van der Waals surface area contributed by atoms with Gasteiger partial charge in [0.05, 0.1) is 11.6 Å². The van der Waals surface area contributed by atoms with Gasteiger partial charge in [0.25, 0.3) is 0 Å². The predicted octanol–water partition coefficient (Wildman–Crippen LogP) is 1.18. The number of nitrogens with zero attached hydrogens (tertiary/aromatic N) is 1. The molecule has 0 aliphatic carbocycles. The average Bonchev–Trinajstić information content (AvgIpc) is 1.90. The van der Waals surface area contributed by atoms with Gasteiger partial charge in [-0.1, -0.05) is 18.2 Å². The predicted molar refractivity (Wildman–Crippen MR) is 36.9 cm³/mol. The first-order chi connectivity index (χ1) is 3.93. The Bertz CT molecular complexity index is 200. The summed E-state index contributed by atoms with van der Waals surface area (Å²) in [5.41, 5.74) is 0.715. The molecule has 0 saturated carbocycles. The summed E-state index contributed by atoms with van der Waals surface area (Å²) in [5.74, 6) is 0. The SMILES string of the molecule is N#Cc1ccccc1.[Li]. The minimum atomic E-state index is 0. The van der Waals surface area contributed by atoms with Crippen LogP contribution in [0.2, 0.25) is 0 Å². The Morgan fingerprint density at radius 1 is 1.11 bits per heavy atom. The molecule has 1 aromatic carbocycles. The van der Waals surface area contributed by atoms with Crippen molar-refractivity contribution in [2.45, 2.75) is 0 Å². The summed E-state index contributed by atoms with van der Waals surface area (Å²) in [6.07, 6.45) is 0. The zero-order valence-corrected chi connectivity index (χ0v) is 5.33. The van der Waals surface area contributed by atoms with Gasteiger partial charge < -0.3 is 0 Å². The first-order valence-corrected chi connectivity index (χ1v) is 2.38. The molecule has 1 radical (unpaired) electrons. The van der Waals surface area contributed by atoms with Crippen molar-refractivity contribution in [3.05, 3.63) is 35.9 Å². The summed E-state index contributed by atoms with van der Waals surface area (Å²) in [5, 5.41) is 8.29. The van der Waals surface area contributed by atoms with E-state index in [4.69, 9.17) is 5.26 Å². The molecule has 0 amide bonds. The van der Waals surface area contributed by atoms with E-state index in [9.17, 15) is 0 Å². The van der Waals surface area contributed by atoms with E-state index < -0.39 is 0 Å². The second-order valence-corrected chi connectivity index (χ2v) is 1.48. The van der Waals surface area contributed by atoms with Gasteiger partial charge in [0, 0.05) is 18.9 Å². The molecule has 0 unspecified atom stereocenters. The summed E-state index contributed by atoms with van der Waals surface area (Å²) < 4.78 is 0. The van der Waals surface area contributed by atoms with Gasteiger partial charge in [0.1, 0.15) is 0 Å². The molecule has 0 fully saturated rings. The fourth-order valence-electron chi connectivity index (χ4n) is 0.513. The van der Waals surface area contributed by atoms with Gasteiger partial charge in [0.2, 0.25) is 0 Å². The van der Waals surface area contributed by atoms with Gasteiger partial charge in [-0.3, -0.25) is 0 Å². The van der Waals surface area contributed by atoms with Gasteiger partial charge in [-0.15, -0.1) is 0 Å². The van der Waals surface area contributed by atoms with E-state index in [1.807, 2.05) is 24.3 Å². The maximum absolute atomic E-state index is 8.29. The molecular formula is C7H5LiN. The molecule has 0 saturated heterocycles. The Labute approximate surface area is 66.5 Å². The fourth-order valence-corrected chi connectivity index (χ4v) is 0.513. The second kappa shape index (κ2) is 4.21. The quantitative estimate of drug-likeness (QED) is 0.460. The number of hydrogen-bond acceptors (Lipinski definition) is 1. The number of nitriles is 1. The van der Waals surface area contributed by atoms with Crippen molar-refractivity contribution in [2.24, 2.45) is 0 Å². The van der Waals surface area contributed by atoms with Crippen LogP contribution in [0, 0.1) is 11.3 Å². The third kappa shape index (κ3) is 2.38. The molecule has 0 aliphatic heterocycles. The number of benzene rings is 1. The van der Waals surface area contributed by atoms with Crippen molar-refractivity contribution in [2.75, 3.05) is 0 Å². The molecule has 2 heteroatoms.